The molecule has 0 bridgehead atoms. The Morgan fingerprint density at radius 1 is 0.895 bits per heavy atom. The quantitative estimate of drug-likeness (QED) is 0.390. The normalized spacial score (nSPS) is 13.6. The van der Waals surface area contributed by atoms with Gasteiger partial charge in [-0.05, 0) is 29.3 Å². The van der Waals surface area contributed by atoms with Gasteiger partial charge in [0.05, 0.1) is 17.3 Å². The van der Waals surface area contributed by atoms with Gasteiger partial charge in [-0.3, -0.25) is 14.5 Å². The van der Waals surface area contributed by atoms with Crippen LogP contribution in [0, 0.1) is 0 Å². The van der Waals surface area contributed by atoms with Crippen molar-refractivity contribution in [1.82, 2.24) is 9.80 Å². The maximum atomic E-state index is 12.7. The summed E-state index contributed by atoms with van der Waals surface area (Å²) < 4.78 is 5.33. The standard InChI is InChI=1S/C28H28ClN3O5.Na.H/c29-22-11-12-24(23(17-22)28(35)36)30-25(33)18-37-19-26(34)31-13-15-32(16-14-31)27(20-7-3-1-4-8-20)21-9-5-2-6-10-21;;/h1-12,17,27H,13-16,18-19H2,(H,30,33)(H,35,36);;/q;+1;-1. The zero-order valence-corrected chi connectivity index (χ0v) is 23.9. The van der Waals surface area contributed by atoms with E-state index in [0.717, 1.165) is 0 Å². The van der Waals surface area contributed by atoms with Gasteiger partial charge in [0.25, 0.3) is 0 Å². The smallest absolute Gasteiger partial charge is 1.00 e. The second kappa shape index (κ2) is 14.4. The molecule has 0 saturated carbocycles. The summed E-state index contributed by atoms with van der Waals surface area (Å²) in [5.74, 6) is -1.97. The summed E-state index contributed by atoms with van der Waals surface area (Å²) in [6, 6.07) is 24.9. The number of carboxylic acids is 1. The van der Waals surface area contributed by atoms with Gasteiger partial charge in [-0.15, -0.1) is 0 Å². The molecular formula is C28H29ClN3NaO5. The number of nitrogens with one attached hydrogen (secondary N) is 1. The Labute approximate surface area is 250 Å². The molecular weight excluding hydrogens is 517 g/mol. The van der Waals surface area contributed by atoms with Crippen molar-refractivity contribution in [2.45, 2.75) is 6.04 Å². The van der Waals surface area contributed by atoms with Gasteiger partial charge >= 0.3 is 35.5 Å². The van der Waals surface area contributed by atoms with Crippen molar-refractivity contribution in [2.24, 2.45) is 0 Å². The number of benzene rings is 3. The largest absolute Gasteiger partial charge is 1.00 e. The predicted octanol–water partition coefficient (Wildman–Crippen LogP) is 1.04. The van der Waals surface area contributed by atoms with Crippen molar-refractivity contribution in [3.05, 3.63) is 101 Å². The first-order valence-corrected chi connectivity index (χ1v) is 12.3. The molecule has 1 fully saturated rings. The molecule has 0 unspecified atom stereocenters. The van der Waals surface area contributed by atoms with E-state index in [9.17, 15) is 19.5 Å². The van der Waals surface area contributed by atoms with Crippen LogP contribution in [-0.4, -0.2) is 72.1 Å². The fraction of sp³-hybridized carbons (Fsp3) is 0.250. The maximum absolute atomic E-state index is 12.7. The Kier molecular flexibility index (Phi) is 11.3. The van der Waals surface area contributed by atoms with E-state index in [0.29, 0.717) is 26.2 Å². The minimum Gasteiger partial charge on any atom is -1.00 e. The summed E-state index contributed by atoms with van der Waals surface area (Å²) in [6.45, 7) is 1.90. The summed E-state index contributed by atoms with van der Waals surface area (Å²) in [4.78, 5) is 40.4. The van der Waals surface area contributed by atoms with Crippen molar-refractivity contribution in [2.75, 3.05) is 44.7 Å². The van der Waals surface area contributed by atoms with E-state index < -0.39 is 11.9 Å². The third-order valence-corrected chi connectivity index (χ3v) is 6.44. The minimum atomic E-state index is -1.21. The molecule has 0 atom stereocenters. The zero-order chi connectivity index (χ0) is 26.2. The molecule has 8 nitrogen and oxygen atoms in total. The Morgan fingerprint density at radius 2 is 1.47 bits per heavy atom. The fourth-order valence-electron chi connectivity index (χ4n) is 4.43. The number of hydrogen-bond donors (Lipinski definition) is 2. The number of carboxylic acid groups (broad SMARTS) is 1. The number of amides is 2. The molecule has 3 aromatic carbocycles. The van der Waals surface area contributed by atoms with Crippen molar-refractivity contribution in [1.29, 1.82) is 0 Å². The van der Waals surface area contributed by atoms with Crippen molar-refractivity contribution < 1.29 is 55.2 Å². The second-order valence-corrected chi connectivity index (χ2v) is 9.11. The van der Waals surface area contributed by atoms with Crippen molar-refractivity contribution >= 4 is 35.1 Å². The van der Waals surface area contributed by atoms with Crippen LogP contribution in [0.5, 0.6) is 0 Å². The van der Waals surface area contributed by atoms with Gasteiger partial charge in [-0.1, -0.05) is 72.3 Å². The monoisotopic (exact) mass is 545 g/mol. The van der Waals surface area contributed by atoms with Crippen LogP contribution in [0.4, 0.5) is 5.69 Å². The maximum Gasteiger partial charge on any atom is 1.00 e. The molecule has 2 N–H and O–H groups in total. The number of anilines is 1. The first-order valence-electron chi connectivity index (χ1n) is 11.9. The molecule has 0 spiro atoms. The number of carbonyl (C=O) groups is 3. The van der Waals surface area contributed by atoms with Crippen LogP contribution in [0.1, 0.15) is 29.0 Å². The molecule has 1 aliphatic rings. The Bertz CT molecular complexity index is 1200. The van der Waals surface area contributed by atoms with Crippen LogP contribution < -0.4 is 34.9 Å². The summed E-state index contributed by atoms with van der Waals surface area (Å²) in [7, 11) is 0. The molecule has 3 aromatic rings. The molecule has 1 saturated heterocycles. The van der Waals surface area contributed by atoms with Crippen molar-refractivity contribution in [3.63, 3.8) is 0 Å². The van der Waals surface area contributed by atoms with E-state index in [1.807, 2.05) is 36.4 Å². The Balaban J connectivity index is 0.00000267. The number of ether oxygens (including phenoxy) is 1. The van der Waals surface area contributed by atoms with Gasteiger partial charge in [0, 0.05) is 31.2 Å². The molecule has 194 valence electrons. The van der Waals surface area contributed by atoms with E-state index in [1.54, 1.807) is 4.90 Å². The van der Waals surface area contributed by atoms with Gasteiger partial charge in [-0.2, -0.15) is 0 Å². The van der Waals surface area contributed by atoms with Gasteiger partial charge in [0.1, 0.15) is 13.2 Å². The van der Waals surface area contributed by atoms with Crippen LogP contribution in [0.15, 0.2) is 78.9 Å². The third-order valence-electron chi connectivity index (χ3n) is 6.21. The van der Waals surface area contributed by atoms with Gasteiger partial charge in [0.2, 0.25) is 11.8 Å². The molecule has 0 aliphatic carbocycles. The summed E-state index contributed by atoms with van der Waals surface area (Å²) in [6.07, 6.45) is 0. The number of halogens is 1. The first-order chi connectivity index (χ1) is 17.9. The van der Waals surface area contributed by atoms with Gasteiger partial charge < -0.3 is 21.5 Å². The molecule has 38 heavy (non-hydrogen) atoms. The molecule has 1 aliphatic heterocycles. The van der Waals surface area contributed by atoms with E-state index >= 15 is 0 Å². The Hall–Kier alpha value is -2.72. The minimum absolute atomic E-state index is 0. The molecule has 1 heterocycles. The molecule has 10 heteroatoms. The van der Waals surface area contributed by atoms with Crippen LogP contribution in [0.25, 0.3) is 0 Å². The number of carbonyl (C=O) groups excluding carboxylic acids is 2. The number of aromatic carboxylic acids is 1. The van der Waals surface area contributed by atoms with Crippen molar-refractivity contribution in [3.8, 4) is 0 Å². The van der Waals surface area contributed by atoms with E-state index in [-0.39, 0.29) is 72.4 Å². The summed E-state index contributed by atoms with van der Waals surface area (Å²) in [5, 5.41) is 12.0. The van der Waals surface area contributed by atoms with Gasteiger partial charge in [0.15, 0.2) is 0 Å². The van der Waals surface area contributed by atoms with Crippen LogP contribution in [0.2, 0.25) is 5.02 Å². The third kappa shape index (κ3) is 7.89. The van der Waals surface area contributed by atoms with Crippen LogP contribution >= 0.6 is 11.6 Å². The van der Waals surface area contributed by atoms with Crippen LogP contribution in [0.3, 0.4) is 0 Å². The molecule has 0 aromatic heterocycles. The Morgan fingerprint density at radius 3 is 2.03 bits per heavy atom. The zero-order valence-electron chi connectivity index (χ0n) is 22.2. The molecule has 0 radical (unpaired) electrons. The van der Waals surface area contributed by atoms with Crippen LogP contribution in [-0.2, 0) is 14.3 Å². The number of piperazine rings is 1. The van der Waals surface area contributed by atoms with E-state index in [4.69, 9.17) is 16.3 Å². The average molecular weight is 546 g/mol. The number of rotatable bonds is 9. The molecule has 2 amide bonds. The fourth-order valence-corrected chi connectivity index (χ4v) is 4.60. The average Bonchev–Trinajstić information content (AvgIpc) is 2.91. The molecule has 4 rings (SSSR count). The predicted molar refractivity (Wildman–Crippen MR) is 142 cm³/mol. The topological polar surface area (TPSA) is 99.2 Å². The first kappa shape index (κ1) is 29.8. The summed E-state index contributed by atoms with van der Waals surface area (Å²) in [5.41, 5.74) is 2.39. The SMILES string of the molecule is O=C(COCC(=O)N1CCN(C(c2ccccc2)c2ccccc2)CC1)Nc1ccc(Cl)cc1C(=O)O.[H-].[Na+]. The number of nitrogens with zero attached hydrogens (tertiary/aromatic N) is 2. The van der Waals surface area contributed by atoms with E-state index in [1.165, 1.54) is 29.3 Å². The van der Waals surface area contributed by atoms with E-state index in [2.05, 4.69) is 34.5 Å². The number of hydrogen-bond acceptors (Lipinski definition) is 5. The van der Waals surface area contributed by atoms with Gasteiger partial charge in [-0.25, -0.2) is 4.79 Å². The summed E-state index contributed by atoms with van der Waals surface area (Å²) >= 11 is 5.83. The second-order valence-electron chi connectivity index (χ2n) is 8.68.